The monoisotopic (exact) mass is 265 g/mol. The van der Waals surface area contributed by atoms with E-state index < -0.39 is 6.10 Å². The van der Waals surface area contributed by atoms with Gasteiger partial charge in [0.05, 0.1) is 6.10 Å². The van der Waals surface area contributed by atoms with Crippen molar-refractivity contribution in [3.05, 3.63) is 29.3 Å². The molecule has 0 aliphatic carbocycles. The van der Waals surface area contributed by atoms with Crippen molar-refractivity contribution in [1.82, 2.24) is 4.90 Å². The number of aryl methyl sites for hydroxylation is 1. The Labute approximate surface area is 115 Å². The molecule has 0 aliphatic rings. The van der Waals surface area contributed by atoms with E-state index in [1.807, 2.05) is 39.0 Å². The first kappa shape index (κ1) is 15.5. The quantitative estimate of drug-likeness (QED) is 0.888. The lowest BCUT2D eigenvalue weighted by Gasteiger charge is -2.22. The smallest absolute Gasteiger partial charge is 0.260 e. The molecule has 0 bridgehead atoms. The standard InChI is InChI=1S/C15H23NO3/c1-10(2)16(5)15(18)9-19-14-8-11(3)6-7-13(14)12(4)17/h6-8,10,12,17H,9H2,1-5H3. The average Bonchev–Trinajstić information content (AvgIpc) is 2.34. The van der Waals surface area contributed by atoms with Gasteiger partial charge in [0.1, 0.15) is 5.75 Å². The van der Waals surface area contributed by atoms with Gasteiger partial charge in [0.25, 0.3) is 5.91 Å². The summed E-state index contributed by atoms with van der Waals surface area (Å²) in [5, 5.41) is 9.68. The number of aliphatic hydroxyl groups excluding tert-OH is 1. The first-order valence-electron chi connectivity index (χ1n) is 6.50. The van der Waals surface area contributed by atoms with Crippen LogP contribution in [-0.2, 0) is 4.79 Å². The number of amides is 1. The van der Waals surface area contributed by atoms with E-state index in [0.717, 1.165) is 5.56 Å². The normalized spacial score (nSPS) is 12.4. The molecule has 0 aliphatic heterocycles. The fourth-order valence-electron chi connectivity index (χ4n) is 1.64. The average molecular weight is 265 g/mol. The van der Waals surface area contributed by atoms with Gasteiger partial charge in [-0.25, -0.2) is 0 Å². The van der Waals surface area contributed by atoms with Crippen molar-refractivity contribution in [2.24, 2.45) is 0 Å². The predicted octanol–water partition coefficient (Wildman–Crippen LogP) is 2.29. The van der Waals surface area contributed by atoms with Crippen molar-refractivity contribution in [2.45, 2.75) is 39.8 Å². The second-order valence-corrected chi connectivity index (χ2v) is 5.10. The Kier molecular flexibility index (Phi) is 5.36. The summed E-state index contributed by atoms with van der Waals surface area (Å²) < 4.78 is 5.56. The molecular weight excluding hydrogens is 242 g/mol. The third-order valence-corrected chi connectivity index (χ3v) is 3.14. The van der Waals surface area contributed by atoms with Crippen LogP contribution in [0.15, 0.2) is 18.2 Å². The van der Waals surface area contributed by atoms with Crippen LogP contribution in [0, 0.1) is 6.92 Å². The van der Waals surface area contributed by atoms with E-state index in [0.29, 0.717) is 11.3 Å². The summed E-state index contributed by atoms with van der Waals surface area (Å²) >= 11 is 0. The number of carbonyl (C=O) groups excluding carboxylic acids is 1. The van der Waals surface area contributed by atoms with Crippen LogP contribution in [0.25, 0.3) is 0 Å². The molecule has 0 saturated heterocycles. The molecule has 19 heavy (non-hydrogen) atoms. The van der Waals surface area contributed by atoms with Crippen LogP contribution in [0.4, 0.5) is 0 Å². The number of ether oxygens (including phenoxy) is 1. The molecule has 1 aromatic carbocycles. The van der Waals surface area contributed by atoms with Gasteiger partial charge in [0.2, 0.25) is 0 Å². The maximum atomic E-state index is 11.9. The van der Waals surface area contributed by atoms with Crippen LogP contribution in [0.5, 0.6) is 5.75 Å². The van der Waals surface area contributed by atoms with Gasteiger partial charge in [-0.1, -0.05) is 12.1 Å². The molecule has 0 fully saturated rings. The Morgan fingerprint density at radius 1 is 1.37 bits per heavy atom. The molecule has 0 heterocycles. The predicted molar refractivity (Wildman–Crippen MR) is 75.2 cm³/mol. The Bertz CT molecular complexity index is 441. The van der Waals surface area contributed by atoms with Crippen molar-refractivity contribution < 1.29 is 14.6 Å². The Morgan fingerprint density at radius 2 is 2.00 bits per heavy atom. The van der Waals surface area contributed by atoms with Crippen LogP contribution >= 0.6 is 0 Å². The highest BCUT2D eigenvalue weighted by atomic mass is 16.5. The van der Waals surface area contributed by atoms with Crippen LogP contribution in [0.1, 0.15) is 38.0 Å². The van der Waals surface area contributed by atoms with E-state index in [9.17, 15) is 9.90 Å². The zero-order valence-corrected chi connectivity index (χ0v) is 12.3. The molecule has 0 spiro atoms. The lowest BCUT2D eigenvalue weighted by molar-refractivity contribution is -0.133. The van der Waals surface area contributed by atoms with Crippen molar-refractivity contribution in [2.75, 3.05) is 13.7 Å². The van der Waals surface area contributed by atoms with E-state index in [1.54, 1.807) is 18.9 Å². The second-order valence-electron chi connectivity index (χ2n) is 5.10. The zero-order chi connectivity index (χ0) is 14.6. The van der Waals surface area contributed by atoms with Gasteiger partial charge in [-0.2, -0.15) is 0 Å². The van der Waals surface area contributed by atoms with Gasteiger partial charge >= 0.3 is 0 Å². The van der Waals surface area contributed by atoms with Gasteiger partial charge in [-0.05, 0) is 39.3 Å². The van der Waals surface area contributed by atoms with Crippen molar-refractivity contribution in [1.29, 1.82) is 0 Å². The Morgan fingerprint density at radius 3 is 2.53 bits per heavy atom. The SMILES string of the molecule is Cc1ccc(C(C)O)c(OCC(=O)N(C)C(C)C)c1. The molecule has 0 saturated carbocycles. The minimum Gasteiger partial charge on any atom is -0.483 e. The minimum atomic E-state index is -0.617. The summed E-state index contributed by atoms with van der Waals surface area (Å²) in [6.45, 7) is 7.51. The molecule has 4 heteroatoms. The maximum Gasteiger partial charge on any atom is 0.260 e. The molecule has 4 nitrogen and oxygen atoms in total. The fraction of sp³-hybridized carbons (Fsp3) is 0.533. The van der Waals surface area contributed by atoms with Crippen LogP contribution in [0.2, 0.25) is 0 Å². The van der Waals surface area contributed by atoms with Crippen molar-refractivity contribution in [3.8, 4) is 5.75 Å². The molecule has 1 atom stereocenters. The maximum absolute atomic E-state index is 11.9. The number of carbonyl (C=O) groups is 1. The lowest BCUT2D eigenvalue weighted by atomic mass is 10.1. The summed E-state index contributed by atoms with van der Waals surface area (Å²) in [7, 11) is 1.75. The van der Waals surface area contributed by atoms with E-state index in [2.05, 4.69) is 0 Å². The number of nitrogens with zero attached hydrogens (tertiary/aromatic N) is 1. The summed E-state index contributed by atoms with van der Waals surface area (Å²) in [5.41, 5.74) is 1.73. The fourth-order valence-corrected chi connectivity index (χ4v) is 1.64. The van der Waals surface area contributed by atoms with E-state index >= 15 is 0 Å². The van der Waals surface area contributed by atoms with Gasteiger partial charge in [-0.3, -0.25) is 4.79 Å². The first-order valence-corrected chi connectivity index (χ1v) is 6.50. The zero-order valence-electron chi connectivity index (χ0n) is 12.3. The highest BCUT2D eigenvalue weighted by molar-refractivity contribution is 5.77. The van der Waals surface area contributed by atoms with E-state index in [4.69, 9.17) is 4.74 Å². The van der Waals surface area contributed by atoms with E-state index in [-0.39, 0.29) is 18.6 Å². The van der Waals surface area contributed by atoms with Crippen LogP contribution < -0.4 is 4.74 Å². The Balaban J connectivity index is 2.77. The third-order valence-electron chi connectivity index (χ3n) is 3.14. The van der Waals surface area contributed by atoms with Gasteiger partial charge in [-0.15, -0.1) is 0 Å². The molecule has 0 radical (unpaired) electrons. The molecule has 1 N–H and O–H groups in total. The van der Waals surface area contributed by atoms with Crippen molar-refractivity contribution in [3.63, 3.8) is 0 Å². The summed E-state index contributed by atoms with van der Waals surface area (Å²) in [6.07, 6.45) is -0.617. The largest absolute Gasteiger partial charge is 0.483 e. The van der Waals surface area contributed by atoms with Crippen molar-refractivity contribution >= 4 is 5.91 Å². The summed E-state index contributed by atoms with van der Waals surface area (Å²) in [6, 6.07) is 5.72. The number of hydrogen-bond acceptors (Lipinski definition) is 3. The van der Waals surface area contributed by atoms with Gasteiger partial charge < -0.3 is 14.7 Å². The van der Waals surface area contributed by atoms with Crippen LogP contribution in [0.3, 0.4) is 0 Å². The summed E-state index contributed by atoms with van der Waals surface area (Å²) in [5.74, 6) is 0.494. The first-order chi connectivity index (χ1) is 8.82. The molecule has 1 aromatic rings. The summed E-state index contributed by atoms with van der Waals surface area (Å²) in [4.78, 5) is 13.5. The molecule has 1 amide bonds. The molecular formula is C15H23NO3. The molecule has 106 valence electrons. The number of likely N-dealkylation sites (N-methyl/N-ethyl adjacent to an activating group) is 1. The Hall–Kier alpha value is -1.55. The molecule has 0 aromatic heterocycles. The number of benzene rings is 1. The second kappa shape index (κ2) is 6.57. The van der Waals surface area contributed by atoms with Gasteiger partial charge in [0, 0.05) is 18.7 Å². The van der Waals surface area contributed by atoms with E-state index in [1.165, 1.54) is 0 Å². The number of hydrogen-bond donors (Lipinski definition) is 1. The third kappa shape index (κ3) is 4.24. The topological polar surface area (TPSA) is 49.8 Å². The lowest BCUT2D eigenvalue weighted by Crippen LogP contribution is -2.36. The molecule has 1 unspecified atom stereocenters. The number of aliphatic hydroxyl groups is 1. The van der Waals surface area contributed by atoms with Gasteiger partial charge in [0.15, 0.2) is 6.61 Å². The minimum absolute atomic E-state index is 0.0160. The van der Waals surface area contributed by atoms with Crippen LogP contribution in [-0.4, -0.2) is 35.6 Å². The molecule has 1 rings (SSSR count). The number of rotatable bonds is 5. The highest BCUT2D eigenvalue weighted by Crippen LogP contribution is 2.26. The highest BCUT2D eigenvalue weighted by Gasteiger charge is 2.15.